The van der Waals surface area contributed by atoms with Crippen LogP contribution in [0, 0.1) is 0 Å². The van der Waals surface area contributed by atoms with Gasteiger partial charge < -0.3 is 15.9 Å². The second-order valence-corrected chi connectivity index (χ2v) is 4.07. The van der Waals surface area contributed by atoms with E-state index < -0.39 is 12.2 Å². The molecule has 2 unspecified atom stereocenters. The average molecular weight is 223 g/mol. The largest absolute Gasteiger partial charge is 0.388 e. The number of hydrogen-bond acceptors (Lipinski definition) is 3. The van der Waals surface area contributed by atoms with Gasteiger partial charge in [-0.05, 0) is 30.5 Å². The van der Waals surface area contributed by atoms with E-state index in [2.05, 4.69) is 0 Å². The van der Waals surface area contributed by atoms with Crippen LogP contribution in [0.3, 0.4) is 0 Å². The van der Waals surface area contributed by atoms with Gasteiger partial charge in [-0.1, -0.05) is 37.6 Å². The Labute approximate surface area is 96.9 Å². The molecule has 3 nitrogen and oxygen atoms in total. The number of aliphatic hydroxyl groups is 2. The highest BCUT2D eigenvalue weighted by molar-refractivity contribution is 5.26. The molecule has 0 aliphatic carbocycles. The summed E-state index contributed by atoms with van der Waals surface area (Å²) in [6.45, 7) is 2.50. The van der Waals surface area contributed by atoms with E-state index in [4.69, 9.17) is 5.73 Å². The fourth-order valence-electron chi connectivity index (χ4n) is 1.74. The number of hydrogen-bond donors (Lipinski definition) is 3. The van der Waals surface area contributed by atoms with Gasteiger partial charge in [-0.2, -0.15) is 0 Å². The second kappa shape index (κ2) is 6.63. The van der Waals surface area contributed by atoms with Crippen LogP contribution in [-0.2, 0) is 0 Å². The van der Waals surface area contributed by atoms with Crippen LogP contribution in [0.2, 0.25) is 0 Å². The van der Waals surface area contributed by atoms with Gasteiger partial charge in [0.25, 0.3) is 0 Å². The zero-order valence-corrected chi connectivity index (χ0v) is 9.76. The summed E-state index contributed by atoms with van der Waals surface area (Å²) in [5, 5.41) is 19.6. The van der Waals surface area contributed by atoms with E-state index in [1.54, 1.807) is 0 Å². The van der Waals surface area contributed by atoms with E-state index in [0.717, 1.165) is 24.0 Å². The molecule has 0 bridgehead atoms. The second-order valence-electron chi connectivity index (χ2n) is 4.07. The molecule has 0 aromatic heterocycles. The molecule has 0 amide bonds. The fraction of sp³-hybridized carbons (Fsp3) is 0.538. The summed E-state index contributed by atoms with van der Waals surface area (Å²) in [6.07, 6.45) is 1.27. The van der Waals surface area contributed by atoms with Crippen molar-refractivity contribution in [3.05, 3.63) is 35.4 Å². The summed E-state index contributed by atoms with van der Waals surface area (Å²) in [7, 11) is 0. The molecule has 4 N–H and O–H groups in total. The van der Waals surface area contributed by atoms with Crippen molar-refractivity contribution in [2.45, 2.75) is 38.4 Å². The molecule has 0 saturated carbocycles. The monoisotopic (exact) mass is 223 g/mol. The Bertz CT molecular complexity index is 287. The molecule has 0 heterocycles. The lowest BCUT2D eigenvalue weighted by atomic mass is 9.99. The van der Waals surface area contributed by atoms with E-state index in [0.29, 0.717) is 13.0 Å². The highest BCUT2D eigenvalue weighted by atomic mass is 16.3. The van der Waals surface area contributed by atoms with E-state index >= 15 is 0 Å². The highest BCUT2D eigenvalue weighted by Gasteiger charge is 2.10. The molecule has 0 aliphatic rings. The predicted molar refractivity (Wildman–Crippen MR) is 64.9 cm³/mol. The molecule has 0 saturated heterocycles. The van der Waals surface area contributed by atoms with Crippen LogP contribution in [0.1, 0.15) is 49.5 Å². The Morgan fingerprint density at radius 1 is 1.12 bits per heavy atom. The molecule has 0 fully saturated rings. The van der Waals surface area contributed by atoms with Crippen LogP contribution in [0.4, 0.5) is 0 Å². The van der Waals surface area contributed by atoms with Crippen molar-refractivity contribution in [3.8, 4) is 0 Å². The summed E-state index contributed by atoms with van der Waals surface area (Å²) >= 11 is 0. The van der Waals surface area contributed by atoms with Gasteiger partial charge >= 0.3 is 0 Å². The van der Waals surface area contributed by atoms with Crippen LogP contribution in [0.5, 0.6) is 0 Å². The molecule has 1 aromatic carbocycles. The normalized spacial score (nSPS) is 14.8. The van der Waals surface area contributed by atoms with Crippen molar-refractivity contribution < 1.29 is 10.2 Å². The van der Waals surface area contributed by atoms with Gasteiger partial charge in [-0.3, -0.25) is 0 Å². The lowest BCUT2D eigenvalue weighted by Crippen LogP contribution is -2.07. The smallest absolute Gasteiger partial charge is 0.0802 e. The molecular weight excluding hydrogens is 202 g/mol. The van der Waals surface area contributed by atoms with Gasteiger partial charge in [-0.15, -0.1) is 0 Å². The molecule has 3 heteroatoms. The quantitative estimate of drug-likeness (QED) is 0.690. The van der Waals surface area contributed by atoms with Crippen LogP contribution >= 0.6 is 0 Å². The molecule has 90 valence electrons. The number of benzene rings is 1. The van der Waals surface area contributed by atoms with Crippen molar-refractivity contribution in [2.24, 2.45) is 5.73 Å². The van der Waals surface area contributed by atoms with Gasteiger partial charge in [0.2, 0.25) is 0 Å². The molecular formula is C13H21NO2. The molecule has 1 rings (SSSR count). The van der Waals surface area contributed by atoms with Gasteiger partial charge in [-0.25, -0.2) is 0 Å². The minimum atomic E-state index is -0.529. The topological polar surface area (TPSA) is 66.5 Å². The first-order chi connectivity index (χ1) is 7.69. The van der Waals surface area contributed by atoms with Crippen molar-refractivity contribution in [1.82, 2.24) is 0 Å². The first kappa shape index (κ1) is 13.2. The average Bonchev–Trinajstić information content (AvgIpc) is 2.30. The summed E-state index contributed by atoms with van der Waals surface area (Å²) in [5.74, 6) is 0. The molecule has 2 atom stereocenters. The number of aliphatic hydroxyl groups excluding tert-OH is 2. The Balaban J connectivity index is 2.77. The first-order valence-corrected chi connectivity index (χ1v) is 5.85. The third kappa shape index (κ3) is 3.59. The molecule has 0 aliphatic heterocycles. The molecule has 0 spiro atoms. The van der Waals surface area contributed by atoms with E-state index in [-0.39, 0.29) is 0 Å². The van der Waals surface area contributed by atoms with Gasteiger partial charge in [0, 0.05) is 0 Å². The third-order valence-corrected chi connectivity index (χ3v) is 2.68. The zero-order valence-electron chi connectivity index (χ0n) is 9.76. The van der Waals surface area contributed by atoms with Gasteiger partial charge in [0.05, 0.1) is 12.2 Å². The minimum Gasteiger partial charge on any atom is -0.388 e. The van der Waals surface area contributed by atoms with Crippen molar-refractivity contribution in [3.63, 3.8) is 0 Å². The summed E-state index contributed by atoms with van der Waals surface area (Å²) in [6, 6.07) is 7.48. The van der Waals surface area contributed by atoms with Crippen molar-refractivity contribution in [2.75, 3.05) is 6.54 Å². The fourth-order valence-corrected chi connectivity index (χ4v) is 1.74. The minimum absolute atomic E-state index is 0.435. The molecule has 16 heavy (non-hydrogen) atoms. The first-order valence-electron chi connectivity index (χ1n) is 5.85. The van der Waals surface area contributed by atoms with Crippen LogP contribution in [0.15, 0.2) is 24.3 Å². The summed E-state index contributed by atoms with van der Waals surface area (Å²) in [4.78, 5) is 0. The molecule has 0 radical (unpaired) electrons. The van der Waals surface area contributed by atoms with Crippen LogP contribution < -0.4 is 5.73 Å². The maximum absolute atomic E-state index is 9.85. The van der Waals surface area contributed by atoms with Crippen molar-refractivity contribution in [1.29, 1.82) is 0 Å². The standard InChI is InChI=1S/C13H21NO2/c1-2-4-12(15)10-5-3-6-11(9-10)13(16)7-8-14/h3,5-6,9,12-13,15-16H,2,4,7-8,14H2,1H3. The summed E-state index contributed by atoms with van der Waals surface area (Å²) < 4.78 is 0. The van der Waals surface area contributed by atoms with Gasteiger partial charge in [0.15, 0.2) is 0 Å². The Morgan fingerprint density at radius 2 is 1.69 bits per heavy atom. The Hall–Kier alpha value is -0.900. The Kier molecular flexibility index (Phi) is 5.46. The lowest BCUT2D eigenvalue weighted by Gasteiger charge is -2.14. The lowest BCUT2D eigenvalue weighted by molar-refractivity contribution is 0.161. The predicted octanol–water partition coefficient (Wildman–Crippen LogP) is 1.90. The zero-order chi connectivity index (χ0) is 12.0. The highest BCUT2D eigenvalue weighted by Crippen LogP contribution is 2.23. The van der Waals surface area contributed by atoms with E-state index in [1.165, 1.54) is 0 Å². The third-order valence-electron chi connectivity index (χ3n) is 2.68. The number of nitrogens with two attached hydrogens (primary N) is 1. The number of rotatable bonds is 6. The maximum Gasteiger partial charge on any atom is 0.0802 e. The summed E-state index contributed by atoms with van der Waals surface area (Å²) in [5.41, 5.74) is 7.11. The molecule has 1 aromatic rings. The van der Waals surface area contributed by atoms with Crippen LogP contribution in [-0.4, -0.2) is 16.8 Å². The van der Waals surface area contributed by atoms with Crippen LogP contribution in [0.25, 0.3) is 0 Å². The van der Waals surface area contributed by atoms with E-state index in [1.807, 2.05) is 31.2 Å². The Morgan fingerprint density at radius 3 is 2.19 bits per heavy atom. The van der Waals surface area contributed by atoms with Gasteiger partial charge in [0.1, 0.15) is 0 Å². The van der Waals surface area contributed by atoms with E-state index in [9.17, 15) is 10.2 Å². The van der Waals surface area contributed by atoms with Crippen molar-refractivity contribution >= 4 is 0 Å². The SMILES string of the molecule is CCCC(O)c1cccc(C(O)CCN)c1. The maximum atomic E-state index is 9.85.